The molecule has 1 amide bonds. The third kappa shape index (κ3) is 3.62. The minimum absolute atomic E-state index is 0.0548. The molecule has 1 atom stereocenters. The quantitative estimate of drug-likeness (QED) is 0.858. The summed E-state index contributed by atoms with van der Waals surface area (Å²) >= 11 is 3.04. The topological polar surface area (TPSA) is 80.9 Å². The first-order valence-corrected chi connectivity index (χ1v) is 8.27. The van der Waals surface area contributed by atoms with Crippen LogP contribution in [0.2, 0.25) is 0 Å². The number of aryl methyl sites for hydroxylation is 1. The van der Waals surface area contributed by atoms with Gasteiger partial charge < -0.3 is 11.1 Å². The Morgan fingerprint density at radius 3 is 2.80 bits per heavy atom. The summed E-state index contributed by atoms with van der Waals surface area (Å²) in [4.78, 5) is 20.9. The molecular formula is C13H18N4OS2. The van der Waals surface area contributed by atoms with Crippen molar-refractivity contribution in [2.45, 2.75) is 32.7 Å². The zero-order valence-corrected chi connectivity index (χ0v) is 13.2. The van der Waals surface area contributed by atoms with Gasteiger partial charge in [-0.25, -0.2) is 9.97 Å². The third-order valence-corrected chi connectivity index (χ3v) is 4.78. The summed E-state index contributed by atoms with van der Waals surface area (Å²) in [6.07, 6.45) is 1.51. The highest BCUT2D eigenvalue weighted by Crippen LogP contribution is 2.21. The minimum atomic E-state index is -0.149. The lowest BCUT2D eigenvalue weighted by molar-refractivity contribution is 0.0931. The summed E-state index contributed by atoms with van der Waals surface area (Å²) < 4.78 is 0. The van der Waals surface area contributed by atoms with Crippen LogP contribution in [0.25, 0.3) is 0 Å². The van der Waals surface area contributed by atoms with Crippen molar-refractivity contribution in [3.05, 3.63) is 32.2 Å². The maximum absolute atomic E-state index is 12.2. The van der Waals surface area contributed by atoms with Crippen molar-refractivity contribution in [3.63, 3.8) is 0 Å². The molecule has 0 aliphatic rings. The van der Waals surface area contributed by atoms with Crippen LogP contribution in [0.3, 0.4) is 0 Å². The summed E-state index contributed by atoms with van der Waals surface area (Å²) in [5.74, 6) is -0.149. The predicted octanol–water partition coefficient (Wildman–Crippen LogP) is 2.29. The van der Waals surface area contributed by atoms with Crippen molar-refractivity contribution in [2.24, 2.45) is 5.73 Å². The standard InChI is InChI=1S/C13H18N4OS2/c1-3-9(13-15-8(2)6-20-13)17-12(18)10-7-19-11(16-10)4-5-14/h6-7,9H,3-5,14H2,1-2H3,(H,17,18). The number of amides is 1. The lowest BCUT2D eigenvalue weighted by atomic mass is 10.2. The van der Waals surface area contributed by atoms with E-state index in [1.807, 2.05) is 19.2 Å². The number of hydrogen-bond acceptors (Lipinski definition) is 6. The number of nitrogens with two attached hydrogens (primary N) is 1. The molecule has 0 aliphatic heterocycles. The first kappa shape index (κ1) is 15.1. The fourth-order valence-corrected chi connectivity index (χ4v) is 3.48. The fraction of sp³-hybridized carbons (Fsp3) is 0.462. The second kappa shape index (κ2) is 6.92. The molecule has 0 saturated carbocycles. The third-order valence-electron chi connectivity index (χ3n) is 2.79. The van der Waals surface area contributed by atoms with Gasteiger partial charge >= 0.3 is 0 Å². The predicted molar refractivity (Wildman–Crippen MR) is 82.2 cm³/mol. The van der Waals surface area contributed by atoms with Crippen molar-refractivity contribution in [2.75, 3.05) is 6.54 Å². The summed E-state index contributed by atoms with van der Waals surface area (Å²) in [7, 11) is 0. The molecule has 7 heteroatoms. The average molecular weight is 310 g/mol. The summed E-state index contributed by atoms with van der Waals surface area (Å²) in [6, 6.07) is -0.0548. The van der Waals surface area contributed by atoms with Gasteiger partial charge in [0.15, 0.2) is 0 Å². The maximum Gasteiger partial charge on any atom is 0.271 e. The van der Waals surface area contributed by atoms with E-state index in [4.69, 9.17) is 5.73 Å². The first-order chi connectivity index (χ1) is 9.63. The van der Waals surface area contributed by atoms with E-state index in [2.05, 4.69) is 15.3 Å². The second-order valence-corrected chi connectivity index (χ2v) is 6.26. The van der Waals surface area contributed by atoms with Crippen molar-refractivity contribution in [3.8, 4) is 0 Å². The largest absolute Gasteiger partial charge is 0.341 e. The van der Waals surface area contributed by atoms with E-state index in [-0.39, 0.29) is 11.9 Å². The second-order valence-electron chi connectivity index (χ2n) is 4.43. The van der Waals surface area contributed by atoms with Gasteiger partial charge in [-0.3, -0.25) is 4.79 Å². The molecule has 0 bridgehead atoms. The number of aromatic nitrogens is 2. The van der Waals surface area contributed by atoms with Crippen LogP contribution < -0.4 is 11.1 Å². The average Bonchev–Trinajstić information content (AvgIpc) is 3.05. The van der Waals surface area contributed by atoms with Gasteiger partial charge in [0.25, 0.3) is 5.91 Å². The van der Waals surface area contributed by atoms with Gasteiger partial charge in [-0.1, -0.05) is 6.92 Å². The Hall–Kier alpha value is -1.31. The molecule has 0 radical (unpaired) electrons. The Morgan fingerprint density at radius 2 is 2.20 bits per heavy atom. The molecule has 2 aromatic rings. The minimum Gasteiger partial charge on any atom is -0.341 e. The van der Waals surface area contributed by atoms with E-state index >= 15 is 0 Å². The zero-order chi connectivity index (χ0) is 14.5. The monoisotopic (exact) mass is 310 g/mol. The normalized spacial score (nSPS) is 12.3. The molecule has 108 valence electrons. The Labute approximate surface area is 126 Å². The lowest BCUT2D eigenvalue weighted by Gasteiger charge is -2.13. The van der Waals surface area contributed by atoms with E-state index < -0.39 is 0 Å². The molecule has 2 heterocycles. The lowest BCUT2D eigenvalue weighted by Crippen LogP contribution is -2.28. The van der Waals surface area contributed by atoms with E-state index in [9.17, 15) is 4.79 Å². The van der Waals surface area contributed by atoms with Crippen molar-refractivity contribution < 1.29 is 4.79 Å². The molecule has 0 aliphatic carbocycles. The van der Waals surface area contributed by atoms with Gasteiger partial charge in [0.05, 0.1) is 11.0 Å². The molecule has 1 unspecified atom stereocenters. The number of carbonyl (C=O) groups is 1. The number of rotatable bonds is 6. The highest BCUT2D eigenvalue weighted by atomic mass is 32.1. The molecule has 20 heavy (non-hydrogen) atoms. The van der Waals surface area contributed by atoms with Gasteiger partial charge in [0.1, 0.15) is 10.7 Å². The zero-order valence-electron chi connectivity index (χ0n) is 11.5. The summed E-state index contributed by atoms with van der Waals surface area (Å²) in [5, 5.41) is 8.60. The van der Waals surface area contributed by atoms with E-state index in [1.54, 1.807) is 16.7 Å². The van der Waals surface area contributed by atoms with Crippen LogP contribution >= 0.6 is 22.7 Å². The van der Waals surface area contributed by atoms with Crippen LogP contribution in [-0.2, 0) is 6.42 Å². The van der Waals surface area contributed by atoms with Gasteiger partial charge in [0.2, 0.25) is 0 Å². The Balaban J connectivity index is 2.04. The SMILES string of the molecule is CCC(NC(=O)c1csc(CCN)n1)c1nc(C)cs1. The molecule has 2 rings (SSSR count). The Morgan fingerprint density at radius 1 is 1.40 bits per heavy atom. The van der Waals surface area contributed by atoms with Crippen LogP contribution in [0, 0.1) is 6.92 Å². The highest BCUT2D eigenvalue weighted by molar-refractivity contribution is 7.10. The number of nitrogens with zero attached hydrogens (tertiary/aromatic N) is 2. The fourth-order valence-electron chi connectivity index (χ4n) is 1.76. The first-order valence-electron chi connectivity index (χ1n) is 6.51. The van der Waals surface area contributed by atoms with E-state index in [0.29, 0.717) is 18.7 Å². The van der Waals surface area contributed by atoms with Crippen LogP contribution in [0.1, 0.15) is 45.6 Å². The van der Waals surface area contributed by atoms with Crippen LogP contribution in [0.4, 0.5) is 0 Å². The molecule has 2 aromatic heterocycles. The van der Waals surface area contributed by atoms with Gasteiger partial charge in [-0.15, -0.1) is 22.7 Å². The molecule has 5 nitrogen and oxygen atoms in total. The van der Waals surface area contributed by atoms with Crippen molar-refractivity contribution in [1.82, 2.24) is 15.3 Å². The molecular weight excluding hydrogens is 292 g/mol. The highest BCUT2D eigenvalue weighted by Gasteiger charge is 2.18. The van der Waals surface area contributed by atoms with E-state index in [1.165, 1.54) is 11.3 Å². The van der Waals surface area contributed by atoms with Gasteiger partial charge in [0, 0.05) is 22.9 Å². The van der Waals surface area contributed by atoms with Crippen LogP contribution in [0.5, 0.6) is 0 Å². The molecule has 0 fully saturated rings. The number of hydrogen-bond donors (Lipinski definition) is 2. The molecule has 0 saturated heterocycles. The Bertz CT molecular complexity index is 578. The molecule has 3 N–H and O–H groups in total. The van der Waals surface area contributed by atoms with Crippen molar-refractivity contribution >= 4 is 28.6 Å². The van der Waals surface area contributed by atoms with Crippen molar-refractivity contribution in [1.29, 1.82) is 0 Å². The number of thiazole rings is 2. The smallest absolute Gasteiger partial charge is 0.271 e. The van der Waals surface area contributed by atoms with Gasteiger partial charge in [-0.2, -0.15) is 0 Å². The number of nitrogens with one attached hydrogen (secondary N) is 1. The molecule has 0 aromatic carbocycles. The number of carbonyl (C=O) groups excluding carboxylic acids is 1. The van der Waals surface area contributed by atoms with Crippen LogP contribution in [-0.4, -0.2) is 22.4 Å². The van der Waals surface area contributed by atoms with Crippen LogP contribution in [0.15, 0.2) is 10.8 Å². The molecule has 0 spiro atoms. The van der Waals surface area contributed by atoms with E-state index in [0.717, 1.165) is 22.1 Å². The summed E-state index contributed by atoms with van der Waals surface area (Å²) in [5.41, 5.74) is 6.93. The van der Waals surface area contributed by atoms with Gasteiger partial charge in [-0.05, 0) is 19.9 Å². The summed E-state index contributed by atoms with van der Waals surface area (Å²) in [6.45, 7) is 4.53. The Kier molecular flexibility index (Phi) is 5.22. The maximum atomic E-state index is 12.2.